The maximum atomic E-state index is 11.0. The van der Waals surface area contributed by atoms with E-state index in [-0.39, 0.29) is 30.7 Å². The Morgan fingerprint density at radius 2 is 1.50 bits per heavy atom. The molecule has 1 aliphatic carbocycles. The number of urea groups is 1. The van der Waals surface area contributed by atoms with E-state index < -0.39 is 0 Å². The highest BCUT2D eigenvalue weighted by molar-refractivity contribution is 5.76. The van der Waals surface area contributed by atoms with Crippen LogP contribution in [0.5, 0.6) is 0 Å². The molecular weight excluding hydrogens is 184 g/mol. The van der Waals surface area contributed by atoms with Gasteiger partial charge in [0.1, 0.15) is 0 Å². The maximum absolute atomic E-state index is 11.0. The van der Waals surface area contributed by atoms with Crippen molar-refractivity contribution in [3.05, 3.63) is 0 Å². The van der Waals surface area contributed by atoms with Gasteiger partial charge in [-0.15, -0.1) is 0 Å². The van der Waals surface area contributed by atoms with E-state index in [0.717, 1.165) is 12.8 Å². The molecule has 0 bridgehead atoms. The molecule has 3 rings (SSSR count). The van der Waals surface area contributed by atoms with Gasteiger partial charge in [-0.05, 0) is 12.8 Å². The molecule has 5 nitrogen and oxygen atoms in total. The molecule has 0 aromatic carbocycles. The SMILES string of the molecule is O=C1NC2OC3CCCCC3OC2N1. The second kappa shape index (κ2) is 3.10. The second-order valence-electron chi connectivity index (χ2n) is 4.09. The minimum absolute atomic E-state index is 0.171. The number of ether oxygens (including phenoxy) is 2. The van der Waals surface area contributed by atoms with Gasteiger partial charge in [0.2, 0.25) is 0 Å². The lowest BCUT2D eigenvalue weighted by Gasteiger charge is -2.40. The van der Waals surface area contributed by atoms with Crippen LogP contribution in [0.2, 0.25) is 0 Å². The summed E-state index contributed by atoms with van der Waals surface area (Å²) in [6.45, 7) is 0. The molecule has 78 valence electrons. The number of nitrogens with one attached hydrogen (secondary N) is 2. The van der Waals surface area contributed by atoms with E-state index in [0.29, 0.717) is 0 Å². The average molecular weight is 198 g/mol. The Morgan fingerprint density at radius 3 is 2.00 bits per heavy atom. The Bertz CT molecular complexity index is 234. The normalized spacial score (nSPS) is 46.1. The molecule has 3 aliphatic rings. The quantitative estimate of drug-likeness (QED) is 0.589. The molecule has 1 saturated carbocycles. The van der Waals surface area contributed by atoms with Crippen LogP contribution in [0.25, 0.3) is 0 Å². The summed E-state index contributed by atoms with van der Waals surface area (Å²) in [5.74, 6) is 0. The van der Waals surface area contributed by atoms with Gasteiger partial charge in [0.05, 0.1) is 12.2 Å². The number of amides is 2. The fourth-order valence-corrected chi connectivity index (χ4v) is 2.41. The molecule has 5 heteroatoms. The Morgan fingerprint density at radius 1 is 1.00 bits per heavy atom. The first-order valence-corrected chi connectivity index (χ1v) is 5.21. The van der Waals surface area contributed by atoms with E-state index in [1.807, 2.05) is 0 Å². The van der Waals surface area contributed by atoms with Crippen LogP contribution in [0.4, 0.5) is 4.79 Å². The van der Waals surface area contributed by atoms with Crippen molar-refractivity contribution in [2.24, 2.45) is 0 Å². The number of hydrogen-bond donors (Lipinski definition) is 2. The summed E-state index contributed by atoms with van der Waals surface area (Å²) in [5, 5.41) is 5.38. The third-order valence-corrected chi connectivity index (χ3v) is 3.11. The molecule has 2 amide bonds. The number of carbonyl (C=O) groups excluding carboxylic acids is 1. The summed E-state index contributed by atoms with van der Waals surface area (Å²) in [4.78, 5) is 11.0. The topological polar surface area (TPSA) is 59.6 Å². The maximum Gasteiger partial charge on any atom is 0.319 e. The average Bonchev–Trinajstić information content (AvgIpc) is 2.53. The van der Waals surface area contributed by atoms with Gasteiger partial charge in [0, 0.05) is 0 Å². The van der Waals surface area contributed by atoms with E-state index in [2.05, 4.69) is 10.6 Å². The van der Waals surface area contributed by atoms with E-state index in [4.69, 9.17) is 9.47 Å². The zero-order valence-corrected chi connectivity index (χ0v) is 7.86. The van der Waals surface area contributed by atoms with Crippen LogP contribution in [0.3, 0.4) is 0 Å². The third-order valence-electron chi connectivity index (χ3n) is 3.11. The Kier molecular flexibility index (Phi) is 1.88. The van der Waals surface area contributed by atoms with Crippen LogP contribution >= 0.6 is 0 Å². The van der Waals surface area contributed by atoms with Gasteiger partial charge in [-0.2, -0.15) is 0 Å². The molecular formula is C9H14N2O3. The molecule has 0 radical (unpaired) electrons. The lowest BCUT2D eigenvalue weighted by Crippen LogP contribution is -2.53. The van der Waals surface area contributed by atoms with Gasteiger partial charge in [-0.1, -0.05) is 12.8 Å². The lowest BCUT2D eigenvalue weighted by atomic mass is 9.94. The fourth-order valence-electron chi connectivity index (χ4n) is 2.41. The van der Waals surface area contributed by atoms with Gasteiger partial charge >= 0.3 is 6.03 Å². The van der Waals surface area contributed by atoms with Crippen molar-refractivity contribution in [3.63, 3.8) is 0 Å². The Hall–Kier alpha value is -0.810. The van der Waals surface area contributed by atoms with Gasteiger partial charge in [0.25, 0.3) is 0 Å². The largest absolute Gasteiger partial charge is 0.348 e. The standard InChI is InChI=1S/C9H14N2O3/c12-9-10-7-8(11-9)14-6-4-2-1-3-5(6)13-7/h5-8H,1-4H2,(H2,10,11,12). The first-order chi connectivity index (χ1) is 6.83. The van der Waals surface area contributed by atoms with Crippen molar-refractivity contribution in [2.45, 2.75) is 50.3 Å². The molecule has 4 atom stereocenters. The third kappa shape index (κ3) is 1.27. The van der Waals surface area contributed by atoms with Gasteiger partial charge in [-0.25, -0.2) is 4.79 Å². The highest BCUT2D eigenvalue weighted by Gasteiger charge is 2.44. The smallest absolute Gasteiger partial charge is 0.319 e. The molecule has 2 aliphatic heterocycles. The van der Waals surface area contributed by atoms with Crippen LogP contribution in [-0.2, 0) is 9.47 Å². The van der Waals surface area contributed by atoms with Crippen LogP contribution < -0.4 is 10.6 Å². The van der Waals surface area contributed by atoms with Crippen molar-refractivity contribution < 1.29 is 14.3 Å². The summed E-state index contributed by atoms with van der Waals surface area (Å²) in [6, 6.07) is -0.196. The molecule has 2 heterocycles. The number of rotatable bonds is 0. The molecule has 0 aromatic rings. The molecule has 2 N–H and O–H groups in total. The number of carbonyl (C=O) groups is 1. The van der Waals surface area contributed by atoms with E-state index in [9.17, 15) is 4.79 Å². The van der Waals surface area contributed by atoms with E-state index in [1.165, 1.54) is 12.8 Å². The van der Waals surface area contributed by atoms with Crippen molar-refractivity contribution >= 4 is 6.03 Å². The minimum Gasteiger partial charge on any atom is -0.348 e. The van der Waals surface area contributed by atoms with Crippen molar-refractivity contribution in [1.82, 2.24) is 10.6 Å². The molecule has 2 saturated heterocycles. The second-order valence-corrected chi connectivity index (χ2v) is 4.09. The first-order valence-electron chi connectivity index (χ1n) is 5.21. The summed E-state index contributed by atoms with van der Waals surface area (Å²) < 4.78 is 11.5. The molecule has 14 heavy (non-hydrogen) atoms. The van der Waals surface area contributed by atoms with Crippen molar-refractivity contribution in [3.8, 4) is 0 Å². The summed E-state index contributed by atoms with van der Waals surface area (Å²) >= 11 is 0. The highest BCUT2D eigenvalue weighted by Crippen LogP contribution is 2.30. The van der Waals surface area contributed by atoms with Crippen LogP contribution in [0, 0.1) is 0 Å². The Labute approximate surface area is 82.1 Å². The molecule has 3 fully saturated rings. The van der Waals surface area contributed by atoms with Crippen LogP contribution in [-0.4, -0.2) is 30.7 Å². The minimum atomic E-state index is -0.290. The van der Waals surface area contributed by atoms with Crippen LogP contribution in [0.1, 0.15) is 25.7 Å². The summed E-state index contributed by atoms with van der Waals surface area (Å²) in [5.41, 5.74) is 0. The zero-order chi connectivity index (χ0) is 9.54. The highest BCUT2D eigenvalue weighted by atomic mass is 16.6. The van der Waals surface area contributed by atoms with Gasteiger partial charge < -0.3 is 20.1 Å². The predicted octanol–water partition coefficient (Wildman–Crippen LogP) is 0.309. The fraction of sp³-hybridized carbons (Fsp3) is 0.889. The molecule has 0 aromatic heterocycles. The molecule has 4 unspecified atom stereocenters. The Balaban J connectivity index is 1.73. The van der Waals surface area contributed by atoms with E-state index in [1.54, 1.807) is 0 Å². The van der Waals surface area contributed by atoms with Crippen molar-refractivity contribution in [1.29, 1.82) is 0 Å². The monoisotopic (exact) mass is 198 g/mol. The first kappa shape index (κ1) is 8.49. The van der Waals surface area contributed by atoms with E-state index >= 15 is 0 Å². The summed E-state index contributed by atoms with van der Waals surface area (Å²) in [6.07, 6.45) is 4.25. The number of fused-ring (bicyclic) bond motifs is 2. The predicted molar refractivity (Wildman–Crippen MR) is 47.5 cm³/mol. The van der Waals surface area contributed by atoms with Gasteiger partial charge in [0.15, 0.2) is 12.5 Å². The lowest BCUT2D eigenvalue weighted by molar-refractivity contribution is -0.229. The number of hydrogen-bond acceptors (Lipinski definition) is 3. The zero-order valence-electron chi connectivity index (χ0n) is 7.86. The molecule has 0 spiro atoms. The van der Waals surface area contributed by atoms with Gasteiger partial charge in [-0.3, -0.25) is 0 Å². The van der Waals surface area contributed by atoms with Crippen molar-refractivity contribution in [2.75, 3.05) is 0 Å². The van der Waals surface area contributed by atoms with Crippen LogP contribution in [0.15, 0.2) is 0 Å². The summed E-state index contributed by atoms with van der Waals surface area (Å²) in [7, 11) is 0.